The van der Waals surface area contributed by atoms with Crippen molar-refractivity contribution in [3.05, 3.63) is 0 Å². The normalized spacial score (nSPS) is 29.6. The summed E-state index contributed by atoms with van der Waals surface area (Å²) in [5.41, 5.74) is 6.59. The Labute approximate surface area is 113 Å². The molecule has 0 radical (unpaired) electrons. The van der Waals surface area contributed by atoms with Gasteiger partial charge in [0.25, 0.3) is 0 Å². The van der Waals surface area contributed by atoms with Gasteiger partial charge in [0.05, 0.1) is 0 Å². The van der Waals surface area contributed by atoms with E-state index in [1.165, 1.54) is 32.1 Å². The van der Waals surface area contributed by atoms with E-state index in [2.05, 4.69) is 32.0 Å². The van der Waals surface area contributed by atoms with Crippen molar-refractivity contribution in [1.29, 1.82) is 0 Å². The van der Waals surface area contributed by atoms with Crippen molar-refractivity contribution in [2.45, 2.75) is 64.8 Å². The minimum Gasteiger partial charge on any atom is -0.329 e. The predicted molar refractivity (Wildman–Crippen MR) is 79.3 cm³/mol. The summed E-state index contributed by atoms with van der Waals surface area (Å²) in [7, 11) is 0. The van der Waals surface area contributed by atoms with Gasteiger partial charge in [0.1, 0.15) is 0 Å². The fourth-order valence-corrected chi connectivity index (χ4v) is 3.13. The Morgan fingerprint density at radius 3 is 2.61 bits per heavy atom. The van der Waals surface area contributed by atoms with Crippen molar-refractivity contribution in [3.63, 3.8) is 0 Å². The lowest BCUT2D eigenvalue weighted by Gasteiger charge is -2.34. The summed E-state index contributed by atoms with van der Waals surface area (Å²) >= 11 is 0. The van der Waals surface area contributed by atoms with E-state index in [1.807, 2.05) is 0 Å². The second-order valence-corrected chi connectivity index (χ2v) is 6.86. The molecule has 2 heteroatoms. The molecule has 1 fully saturated rings. The monoisotopic (exact) mass is 250 g/mol. The second-order valence-electron chi connectivity index (χ2n) is 6.86. The molecule has 0 saturated heterocycles. The van der Waals surface area contributed by atoms with E-state index in [0.717, 1.165) is 25.4 Å². The summed E-state index contributed by atoms with van der Waals surface area (Å²) in [5, 5.41) is 3.63. The Hall–Kier alpha value is -0.520. The highest BCUT2D eigenvalue weighted by molar-refractivity contribution is 4.95. The van der Waals surface area contributed by atoms with Crippen LogP contribution in [0.4, 0.5) is 0 Å². The Balaban J connectivity index is 2.59. The van der Waals surface area contributed by atoms with Gasteiger partial charge in [0, 0.05) is 25.0 Å². The summed E-state index contributed by atoms with van der Waals surface area (Å²) in [5.74, 6) is 3.51. The summed E-state index contributed by atoms with van der Waals surface area (Å²) in [6, 6.07) is 0. The largest absolute Gasteiger partial charge is 0.329 e. The number of hydrogen-bond donors (Lipinski definition) is 2. The smallest absolute Gasteiger partial charge is 0.0304 e. The second kappa shape index (κ2) is 6.59. The van der Waals surface area contributed by atoms with Gasteiger partial charge in [0.15, 0.2) is 0 Å². The lowest BCUT2D eigenvalue weighted by Crippen LogP contribution is -2.51. The van der Waals surface area contributed by atoms with Crippen LogP contribution in [0.5, 0.6) is 0 Å². The van der Waals surface area contributed by atoms with Gasteiger partial charge in [-0.2, -0.15) is 0 Å². The predicted octanol–water partition coefficient (Wildman–Crippen LogP) is 2.92. The van der Waals surface area contributed by atoms with Crippen LogP contribution in [0.15, 0.2) is 0 Å². The van der Waals surface area contributed by atoms with E-state index in [-0.39, 0.29) is 5.54 Å². The molecule has 0 aromatic carbocycles. The topological polar surface area (TPSA) is 38.0 Å². The van der Waals surface area contributed by atoms with Crippen molar-refractivity contribution in [1.82, 2.24) is 5.32 Å². The molecule has 0 aromatic heterocycles. The van der Waals surface area contributed by atoms with Crippen LogP contribution in [-0.4, -0.2) is 18.6 Å². The maximum atomic E-state index is 6.03. The minimum absolute atomic E-state index is 0.136. The van der Waals surface area contributed by atoms with Crippen LogP contribution >= 0.6 is 0 Å². The molecular formula is C16H30N2. The van der Waals surface area contributed by atoms with Crippen LogP contribution in [0, 0.1) is 23.7 Å². The summed E-state index contributed by atoms with van der Waals surface area (Å²) < 4.78 is 0. The molecule has 2 nitrogen and oxygen atoms in total. The lowest BCUT2D eigenvalue weighted by atomic mass is 9.76. The summed E-state index contributed by atoms with van der Waals surface area (Å²) in [6.45, 7) is 8.71. The fraction of sp³-hybridized carbons (Fsp3) is 0.875. The minimum atomic E-state index is 0.136. The molecule has 0 heterocycles. The first kappa shape index (κ1) is 15.5. The van der Waals surface area contributed by atoms with Gasteiger partial charge in [-0.15, -0.1) is 12.3 Å². The Kier molecular flexibility index (Phi) is 5.69. The molecule has 1 aliphatic carbocycles. The Morgan fingerprint density at radius 1 is 1.33 bits per heavy atom. The third kappa shape index (κ3) is 4.30. The van der Waals surface area contributed by atoms with Crippen LogP contribution in [0.2, 0.25) is 0 Å². The summed E-state index contributed by atoms with van der Waals surface area (Å²) in [6.07, 6.45) is 12.4. The van der Waals surface area contributed by atoms with Gasteiger partial charge in [-0.3, -0.25) is 0 Å². The molecule has 1 rings (SSSR count). The first-order valence-corrected chi connectivity index (χ1v) is 7.32. The van der Waals surface area contributed by atoms with Crippen LogP contribution in [0.1, 0.15) is 59.3 Å². The number of nitrogens with one attached hydrogen (secondary N) is 1. The summed E-state index contributed by atoms with van der Waals surface area (Å²) in [4.78, 5) is 0. The Morgan fingerprint density at radius 2 is 2.06 bits per heavy atom. The molecule has 1 aliphatic rings. The van der Waals surface area contributed by atoms with Gasteiger partial charge in [-0.1, -0.05) is 27.2 Å². The highest BCUT2D eigenvalue weighted by Gasteiger charge is 2.34. The number of nitrogens with two attached hydrogens (primary N) is 1. The van der Waals surface area contributed by atoms with E-state index in [1.54, 1.807) is 0 Å². The lowest BCUT2D eigenvalue weighted by molar-refractivity contribution is 0.207. The molecular weight excluding hydrogens is 220 g/mol. The van der Waals surface area contributed by atoms with Crippen LogP contribution in [0.25, 0.3) is 0 Å². The average molecular weight is 250 g/mol. The van der Waals surface area contributed by atoms with E-state index in [0.29, 0.717) is 5.41 Å². The average Bonchev–Trinajstić information content (AvgIpc) is 2.52. The molecule has 2 atom stereocenters. The third-order valence-corrected chi connectivity index (χ3v) is 4.56. The standard InChI is InChI=1S/C16H30N2/c1-5-6-12-18-16(13-17)10-7-8-14(9-11-16)15(2,3)4/h1,14,18H,6-13,17H2,2-4H3. The van der Waals surface area contributed by atoms with E-state index in [9.17, 15) is 0 Å². The fourth-order valence-electron chi connectivity index (χ4n) is 3.13. The zero-order chi connectivity index (χ0) is 13.6. The molecule has 104 valence electrons. The quantitative estimate of drug-likeness (QED) is 0.457. The third-order valence-electron chi connectivity index (χ3n) is 4.56. The molecule has 0 aromatic rings. The SMILES string of the molecule is C#CCCNC1(CN)CCCC(C(C)(C)C)CC1. The Bertz CT molecular complexity index is 284. The van der Waals surface area contributed by atoms with Crippen molar-refractivity contribution in [3.8, 4) is 12.3 Å². The van der Waals surface area contributed by atoms with Gasteiger partial charge in [0.2, 0.25) is 0 Å². The van der Waals surface area contributed by atoms with Gasteiger partial charge < -0.3 is 11.1 Å². The highest BCUT2D eigenvalue weighted by Crippen LogP contribution is 2.39. The first-order valence-electron chi connectivity index (χ1n) is 7.32. The molecule has 3 N–H and O–H groups in total. The van der Waals surface area contributed by atoms with Crippen LogP contribution in [0.3, 0.4) is 0 Å². The van der Waals surface area contributed by atoms with Crippen LogP contribution in [-0.2, 0) is 0 Å². The molecule has 2 unspecified atom stereocenters. The van der Waals surface area contributed by atoms with E-state index >= 15 is 0 Å². The van der Waals surface area contributed by atoms with Crippen molar-refractivity contribution >= 4 is 0 Å². The molecule has 0 spiro atoms. The maximum Gasteiger partial charge on any atom is 0.0304 e. The van der Waals surface area contributed by atoms with Crippen molar-refractivity contribution < 1.29 is 0 Å². The van der Waals surface area contributed by atoms with Gasteiger partial charge >= 0.3 is 0 Å². The first-order chi connectivity index (χ1) is 8.43. The number of hydrogen-bond acceptors (Lipinski definition) is 2. The maximum absolute atomic E-state index is 6.03. The zero-order valence-corrected chi connectivity index (χ0v) is 12.4. The van der Waals surface area contributed by atoms with Crippen molar-refractivity contribution in [2.24, 2.45) is 17.1 Å². The highest BCUT2D eigenvalue weighted by atomic mass is 15.0. The molecule has 1 saturated carbocycles. The molecule has 18 heavy (non-hydrogen) atoms. The number of terminal acetylenes is 1. The zero-order valence-electron chi connectivity index (χ0n) is 12.4. The van der Waals surface area contributed by atoms with E-state index < -0.39 is 0 Å². The molecule has 0 amide bonds. The molecule has 0 bridgehead atoms. The molecule has 0 aliphatic heterocycles. The van der Waals surface area contributed by atoms with E-state index in [4.69, 9.17) is 12.2 Å². The van der Waals surface area contributed by atoms with Gasteiger partial charge in [-0.25, -0.2) is 0 Å². The van der Waals surface area contributed by atoms with Crippen LogP contribution < -0.4 is 11.1 Å². The number of rotatable bonds is 4. The van der Waals surface area contributed by atoms with Gasteiger partial charge in [-0.05, 0) is 37.0 Å². The van der Waals surface area contributed by atoms with Crippen molar-refractivity contribution in [2.75, 3.05) is 13.1 Å².